The molecule has 0 bridgehead atoms. The van der Waals surface area contributed by atoms with Gasteiger partial charge in [-0.15, -0.1) is 11.6 Å². The molecule has 1 aromatic heterocycles. The van der Waals surface area contributed by atoms with E-state index in [1.54, 1.807) is 0 Å². The van der Waals surface area contributed by atoms with E-state index in [9.17, 15) is 0 Å². The van der Waals surface area contributed by atoms with E-state index < -0.39 is 0 Å². The van der Waals surface area contributed by atoms with Crippen LogP contribution in [0.25, 0.3) is 0 Å². The molecule has 0 saturated carbocycles. The number of pyridine rings is 1. The molecule has 17 heavy (non-hydrogen) atoms. The number of halogens is 1. The van der Waals surface area contributed by atoms with Crippen LogP contribution in [-0.2, 0) is 12.4 Å². The van der Waals surface area contributed by atoms with Crippen LogP contribution in [-0.4, -0.2) is 4.98 Å². The van der Waals surface area contributed by atoms with Crippen LogP contribution in [0.1, 0.15) is 16.7 Å². The van der Waals surface area contributed by atoms with Gasteiger partial charge in [-0.3, -0.25) is 4.98 Å². The summed E-state index contributed by atoms with van der Waals surface area (Å²) >= 11 is 5.74. The molecule has 0 unspecified atom stereocenters. The van der Waals surface area contributed by atoms with E-state index in [2.05, 4.69) is 16.4 Å². The Hall–Kier alpha value is -1.54. The largest absolute Gasteiger partial charge is 0.381 e. The number of nitrogens with one attached hydrogen (secondary N) is 1. The summed E-state index contributed by atoms with van der Waals surface area (Å²) in [6.45, 7) is 2.83. The SMILES string of the molecule is Cc1cncc(CNc2ccc(CCl)cc2)c1. The molecule has 0 atom stereocenters. The molecule has 1 heterocycles. The van der Waals surface area contributed by atoms with Gasteiger partial charge in [-0.05, 0) is 35.7 Å². The summed E-state index contributed by atoms with van der Waals surface area (Å²) in [6, 6.07) is 10.3. The van der Waals surface area contributed by atoms with E-state index >= 15 is 0 Å². The highest BCUT2D eigenvalue weighted by Gasteiger charge is 1.96. The lowest BCUT2D eigenvalue weighted by molar-refractivity contribution is 1.10. The van der Waals surface area contributed by atoms with Gasteiger partial charge in [0.05, 0.1) is 0 Å². The highest BCUT2D eigenvalue weighted by atomic mass is 35.5. The topological polar surface area (TPSA) is 24.9 Å². The Kier molecular flexibility index (Phi) is 3.99. The smallest absolute Gasteiger partial charge is 0.0474 e. The first-order valence-electron chi connectivity index (χ1n) is 5.57. The van der Waals surface area contributed by atoms with Crippen LogP contribution < -0.4 is 5.32 Å². The van der Waals surface area contributed by atoms with E-state index in [0.717, 1.165) is 17.8 Å². The number of benzene rings is 1. The first-order valence-corrected chi connectivity index (χ1v) is 6.10. The standard InChI is InChI=1S/C14H15ClN2/c1-11-6-13(9-16-8-11)10-17-14-4-2-12(7-15)3-5-14/h2-6,8-9,17H,7,10H2,1H3. The van der Waals surface area contributed by atoms with Gasteiger partial charge < -0.3 is 5.32 Å². The van der Waals surface area contributed by atoms with Gasteiger partial charge in [0.25, 0.3) is 0 Å². The number of hydrogen-bond donors (Lipinski definition) is 1. The Morgan fingerprint density at radius 3 is 2.53 bits per heavy atom. The molecule has 0 aliphatic carbocycles. The predicted molar refractivity (Wildman–Crippen MR) is 72.3 cm³/mol. The monoisotopic (exact) mass is 246 g/mol. The van der Waals surface area contributed by atoms with Crippen LogP contribution in [0.15, 0.2) is 42.7 Å². The lowest BCUT2D eigenvalue weighted by Gasteiger charge is -2.07. The van der Waals surface area contributed by atoms with Crippen molar-refractivity contribution in [3.8, 4) is 0 Å². The number of rotatable bonds is 4. The van der Waals surface area contributed by atoms with Gasteiger partial charge in [0, 0.05) is 30.5 Å². The van der Waals surface area contributed by atoms with E-state index in [0.29, 0.717) is 5.88 Å². The second kappa shape index (κ2) is 5.69. The first-order chi connectivity index (χ1) is 8.28. The number of alkyl halides is 1. The van der Waals surface area contributed by atoms with Crippen molar-refractivity contribution < 1.29 is 0 Å². The summed E-state index contributed by atoms with van der Waals surface area (Å²) in [5.74, 6) is 0.558. The molecule has 0 radical (unpaired) electrons. The molecular formula is C14H15ClN2. The van der Waals surface area contributed by atoms with Crippen LogP contribution in [0.5, 0.6) is 0 Å². The van der Waals surface area contributed by atoms with Gasteiger partial charge >= 0.3 is 0 Å². The predicted octanol–water partition coefficient (Wildman–Crippen LogP) is 3.74. The summed E-state index contributed by atoms with van der Waals surface area (Å²) in [5, 5.41) is 3.36. The average molecular weight is 247 g/mol. The van der Waals surface area contributed by atoms with Gasteiger partial charge in [0.1, 0.15) is 0 Å². The average Bonchev–Trinajstić information content (AvgIpc) is 2.37. The molecule has 2 nitrogen and oxygen atoms in total. The van der Waals surface area contributed by atoms with E-state index in [-0.39, 0.29) is 0 Å². The Labute approximate surface area is 107 Å². The highest BCUT2D eigenvalue weighted by molar-refractivity contribution is 6.17. The fraction of sp³-hybridized carbons (Fsp3) is 0.214. The van der Waals surface area contributed by atoms with Crippen LogP contribution in [0.3, 0.4) is 0 Å². The quantitative estimate of drug-likeness (QED) is 0.832. The van der Waals surface area contributed by atoms with Crippen molar-refractivity contribution in [2.24, 2.45) is 0 Å². The van der Waals surface area contributed by atoms with Gasteiger partial charge in [-0.1, -0.05) is 18.2 Å². The van der Waals surface area contributed by atoms with Crippen molar-refractivity contribution in [3.63, 3.8) is 0 Å². The molecular weight excluding hydrogens is 232 g/mol. The van der Waals surface area contributed by atoms with Crippen LogP contribution in [0, 0.1) is 6.92 Å². The van der Waals surface area contributed by atoms with E-state index in [1.165, 1.54) is 11.1 Å². The van der Waals surface area contributed by atoms with Crippen molar-refractivity contribution in [2.75, 3.05) is 5.32 Å². The van der Waals surface area contributed by atoms with Crippen LogP contribution in [0.2, 0.25) is 0 Å². The van der Waals surface area contributed by atoms with Crippen molar-refractivity contribution in [1.29, 1.82) is 0 Å². The molecule has 2 rings (SSSR count). The van der Waals surface area contributed by atoms with Crippen molar-refractivity contribution >= 4 is 17.3 Å². The second-order valence-corrected chi connectivity index (χ2v) is 4.32. The maximum Gasteiger partial charge on any atom is 0.0474 e. The van der Waals surface area contributed by atoms with E-state index in [4.69, 9.17) is 11.6 Å². The number of aromatic nitrogens is 1. The molecule has 0 aliphatic heterocycles. The first kappa shape index (κ1) is 11.9. The molecule has 2 aromatic rings. The van der Waals surface area contributed by atoms with Gasteiger partial charge in [-0.25, -0.2) is 0 Å². The van der Waals surface area contributed by atoms with Crippen molar-refractivity contribution in [1.82, 2.24) is 4.98 Å². The second-order valence-electron chi connectivity index (χ2n) is 4.05. The van der Waals surface area contributed by atoms with Crippen LogP contribution in [0.4, 0.5) is 5.69 Å². The summed E-state index contributed by atoms with van der Waals surface area (Å²) in [7, 11) is 0. The van der Waals surface area contributed by atoms with Gasteiger partial charge in [-0.2, -0.15) is 0 Å². The maximum atomic E-state index is 5.74. The lowest BCUT2D eigenvalue weighted by atomic mass is 10.2. The fourth-order valence-electron chi connectivity index (χ4n) is 1.63. The van der Waals surface area contributed by atoms with Crippen molar-refractivity contribution in [3.05, 3.63) is 59.4 Å². The molecule has 0 amide bonds. The summed E-state index contributed by atoms with van der Waals surface area (Å²) < 4.78 is 0. The van der Waals surface area contributed by atoms with E-state index in [1.807, 2.05) is 43.6 Å². The van der Waals surface area contributed by atoms with Crippen molar-refractivity contribution in [2.45, 2.75) is 19.3 Å². The number of anilines is 1. The molecule has 3 heteroatoms. The zero-order valence-corrected chi connectivity index (χ0v) is 10.5. The summed E-state index contributed by atoms with van der Waals surface area (Å²) in [4.78, 5) is 4.17. The van der Waals surface area contributed by atoms with Gasteiger partial charge in [0.2, 0.25) is 0 Å². The summed E-state index contributed by atoms with van der Waals surface area (Å²) in [6.07, 6.45) is 3.74. The fourth-order valence-corrected chi connectivity index (χ4v) is 1.81. The maximum absolute atomic E-state index is 5.74. The zero-order valence-electron chi connectivity index (χ0n) is 9.78. The Balaban J connectivity index is 1.97. The molecule has 0 aliphatic rings. The normalized spacial score (nSPS) is 10.2. The minimum Gasteiger partial charge on any atom is -0.381 e. The van der Waals surface area contributed by atoms with Crippen LogP contribution >= 0.6 is 11.6 Å². The minimum absolute atomic E-state index is 0.558. The lowest BCUT2D eigenvalue weighted by Crippen LogP contribution is -2.00. The number of hydrogen-bond acceptors (Lipinski definition) is 2. The Bertz CT molecular complexity index is 480. The molecule has 1 N–H and O–H groups in total. The van der Waals surface area contributed by atoms with Gasteiger partial charge in [0.15, 0.2) is 0 Å². The minimum atomic E-state index is 0.558. The molecule has 88 valence electrons. The number of aryl methyl sites for hydroxylation is 1. The molecule has 0 spiro atoms. The third-order valence-electron chi connectivity index (χ3n) is 2.54. The Morgan fingerprint density at radius 1 is 1.12 bits per heavy atom. The highest BCUT2D eigenvalue weighted by Crippen LogP contribution is 2.12. The third kappa shape index (κ3) is 3.46. The number of nitrogens with zero attached hydrogens (tertiary/aromatic N) is 1. The summed E-state index contributed by atoms with van der Waals surface area (Å²) in [5.41, 5.74) is 4.60. The molecule has 1 aromatic carbocycles. The molecule has 0 fully saturated rings. The zero-order chi connectivity index (χ0) is 12.1. The Morgan fingerprint density at radius 2 is 1.88 bits per heavy atom. The molecule has 0 saturated heterocycles. The third-order valence-corrected chi connectivity index (χ3v) is 2.85.